The van der Waals surface area contributed by atoms with E-state index in [4.69, 9.17) is 9.73 Å². The number of benzene rings is 2. The Morgan fingerprint density at radius 1 is 1.08 bits per heavy atom. The lowest BCUT2D eigenvalue weighted by molar-refractivity contribution is 0.0978. The zero-order chi connectivity index (χ0) is 24.8. The van der Waals surface area contributed by atoms with Crippen molar-refractivity contribution in [1.82, 2.24) is 10.2 Å². The number of likely N-dealkylation sites (tertiary alicyclic amines) is 1. The summed E-state index contributed by atoms with van der Waals surface area (Å²) >= 11 is 0. The maximum atomic E-state index is 13.7. The van der Waals surface area contributed by atoms with Gasteiger partial charge in [0.25, 0.3) is 0 Å². The van der Waals surface area contributed by atoms with Gasteiger partial charge in [-0.05, 0) is 69.0 Å². The van der Waals surface area contributed by atoms with Crippen LogP contribution in [0.4, 0.5) is 5.69 Å². The minimum atomic E-state index is -0.522. The third-order valence-corrected chi connectivity index (χ3v) is 7.55. The molecule has 6 rings (SSSR count). The van der Waals surface area contributed by atoms with Gasteiger partial charge in [0, 0.05) is 29.9 Å². The Bertz CT molecular complexity index is 1350. The highest BCUT2D eigenvalue weighted by Crippen LogP contribution is 2.41. The van der Waals surface area contributed by atoms with Crippen molar-refractivity contribution in [3.63, 3.8) is 0 Å². The van der Waals surface area contributed by atoms with Crippen molar-refractivity contribution in [3.8, 4) is 5.75 Å². The molecule has 4 aliphatic rings. The van der Waals surface area contributed by atoms with Gasteiger partial charge in [-0.2, -0.15) is 0 Å². The average Bonchev–Trinajstić information content (AvgIpc) is 2.88. The molecule has 36 heavy (non-hydrogen) atoms. The third kappa shape index (κ3) is 3.99. The third-order valence-electron chi connectivity index (χ3n) is 7.55. The number of ether oxygens (including phenoxy) is 1. The smallest absolute Gasteiger partial charge is 0.196 e. The first-order valence-electron chi connectivity index (χ1n) is 13.0. The molecule has 6 heteroatoms. The number of carbonyl (C=O) groups is 2. The first-order valence-corrected chi connectivity index (χ1v) is 13.0. The lowest BCUT2D eigenvalue weighted by Gasteiger charge is -2.34. The lowest BCUT2D eigenvalue weighted by atomic mass is 9.76. The van der Waals surface area contributed by atoms with Gasteiger partial charge in [-0.3, -0.25) is 9.59 Å². The second-order valence-electron chi connectivity index (χ2n) is 10.4. The van der Waals surface area contributed by atoms with Crippen LogP contribution in [0.1, 0.15) is 52.5 Å². The summed E-state index contributed by atoms with van der Waals surface area (Å²) in [6.07, 6.45) is 4.92. The molecule has 0 bridgehead atoms. The van der Waals surface area contributed by atoms with Crippen LogP contribution < -0.4 is 10.1 Å². The Labute approximate surface area is 211 Å². The number of ketones is 2. The van der Waals surface area contributed by atoms with Crippen molar-refractivity contribution < 1.29 is 14.3 Å². The molecule has 1 unspecified atom stereocenters. The molecule has 2 aromatic carbocycles. The van der Waals surface area contributed by atoms with E-state index in [2.05, 4.69) is 17.1 Å². The fourth-order valence-corrected chi connectivity index (χ4v) is 5.79. The van der Waals surface area contributed by atoms with Gasteiger partial charge >= 0.3 is 0 Å². The molecule has 6 nitrogen and oxygen atoms in total. The molecule has 0 aromatic heterocycles. The second-order valence-corrected chi connectivity index (χ2v) is 10.4. The largest absolute Gasteiger partial charge is 0.478 e. The summed E-state index contributed by atoms with van der Waals surface area (Å²) < 4.78 is 6.30. The number of piperidine rings is 1. The van der Waals surface area contributed by atoms with Crippen LogP contribution in [-0.4, -0.2) is 54.5 Å². The highest BCUT2D eigenvalue weighted by Gasteiger charge is 2.42. The summed E-state index contributed by atoms with van der Waals surface area (Å²) in [7, 11) is 0. The number of rotatable bonds is 5. The van der Waals surface area contributed by atoms with Gasteiger partial charge in [0.05, 0.1) is 16.9 Å². The fourth-order valence-electron chi connectivity index (χ4n) is 5.79. The van der Waals surface area contributed by atoms with E-state index in [-0.39, 0.29) is 11.6 Å². The number of carbonyl (C=O) groups excluding carboxylic acids is 2. The minimum absolute atomic E-state index is 0.139. The quantitative estimate of drug-likeness (QED) is 0.621. The summed E-state index contributed by atoms with van der Waals surface area (Å²) in [4.78, 5) is 34.8. The topological polar surface area (TPSA) is 71.0 Å². The Hall–Kier alpha value is -3.51. The van der Waals surface area contributed by atoms with Crippen molar-refractivity contribution in [2.75, 3.05) is 26.2 Å². The van der Waals surface area contributed by atoms with Crippen molar-refractivity contribution in [2.45, 2.75) is 39.2 Å². The molecule has 2 aromatic rings. The Morgan fingerprint density at radius 2 is 1.86 bits per heavy atom. The molecule has 1 N–H and O–H groups in total. The normalized spacial score (nSPS) is 23.1. The molecular weight excluding hydrogens is 450 g/mol. The molecule has 2 aliphatic carbocycles. The maximum absolute atomic E-state index is 13.7. The van der Waals surface area contributed by atoms with E-state index < -0.39 is 6.10 Å². The number of hydrogen-bond donors (Lipinski definition) is 1. The number of fused-ring (bicyclic) bond motifs is 4. The number of aryl methyl sites for hydroxylation is 1. The predicted molar refractivity (Wildman–Crippen MR) is 140 cm³/mol. The number of hydrogen-bond acceptors (Lipinski definition) is 6. The molecular formula is C30H31N3O3. The number of Topliss-reactive ketones (excluding diaryl/α,β-unsaturated/α-hetero) is 2. The van der Waals surface area contributed by atoms with Crippen LogP contribution in [0.2, 0.25) is 0 Å². The summed E-state index contributed by atoms with van der Waals surface area (Å²) in [6.45, 7) is 8.35. The van der Waals surface area contributed by atoms with Crippen molar-refractivity contribution in [3.05, 3.63) is 82.1 Å². The van der Waals surface area contributed by atoms with E-state index in [0.29, 0.717) is 51.7 Å². The molecule has 2 aliphatic heterocycles. The first kappa shape index (κ1) is 22.9. The van der Waals surface area contributed by atoms with E-state index in [0.717, 1.165) is 37.5 Å². The Balaban J connectivity index is 1.33. The van der Waals surface area contributed by atoms with Gasteiger partial charge in [0.2, 0.25) is 0 Å². The molecule has 0 saturated carbocycles. The van der Waals surface area contributed by atoms with Gasteiger partial charge in [-0.25, -0.2) is 4.99 Å². The van der Waals surface area contributed by atoms with Gasteiger partial charge in [-0.1, -0.05) is 37.3 Å². The standard InChI is InChI=1S/C30H31N3O3/c1-18-10-11-24-22(15-18)32-28-25(36-24)16-23(31-12-6-14-33-13-5-7-19(2)17-33)26-27(28)30(35)21-9-4-3-8-20(21)29(26)34/h3-4,8-11,15-16,19,25,31H,5-7,12-14,17H2,1-2H3/t19-,25?/m0/s1. The number of aliphatic imine (C=N–C) groups is 1. The SMILES string of the molecule is Cc1ccc2c(c1)N=C1C3=C(C(=O)c4ccccc4C3=O)C(NCCCN3CCC[C@H](C)C3)=CC1O2. The molecule has 0 radical (unpaired) electrons. The van der Waals surface area contributed by atoms with E-state index in [1.165, 1.54) is 12.8 Å². The van der Waals surface area contributed by atoms with Crippen molar-refractivity contribution in [2.24, 2.45) is 10.9 Å². The zero-order valence-corrected chi connectivity index (χ0v) is 20.8. The molecule has 2 atom stereocenters. The van der Waals surface area contributed by atoms with E-state index >= 15 is 0 Å². The average molecular weight is 482 g/mol. The zero-order valence-electron chi connectivity index (χ0n) is 20.8. The highest BCUT2D eigenvalue weighted by atomic mass is 16.5. The van der Waals surface area contributed by atoms with Crippen LogP contribution in [-0.2, 0) is 0 Å². The van der Waals surface area contributed by atoms with Crippen LogP contribution in [0.3, 0.4) is 0 Å². The minimum Gasteiger partial charge on any atom is -0.478 e. The molecule has 184 valence electrons. The second kappa shape index (κ2) is 9.17. The first-order chi connectivity index (χ1) is 17.5. The van der Waals surface area contributed by atoms with Crippen molar-refractivity contribution >= 4 is 23.0 Å². The molecule has 0 spiro atoms. The lowest BCUT2D eigenvalue weighted by Crippen LogP contribution is -2.42. The van der Waals surface area contributed by atoms with Gasteiger partial charge in [0.1, 0.15) is 11.4 Å². The number of nitrogens with zero attached hydrogens (tertiary/aromatic N) is 2. The maximum Gasteiger partial charge on any atom is 0.196 e. The van der Waals surface area contributed by atoms with Gasteiger partial charge in [0.15, 0.2) is 17.7 Å². The van der Waals surface area contributed by atoms with E-state index in [1.54, 1.807) is 24.3 Å². The number of nitrogens with one attached hydrogen (secondary N) is 1. The highest BCUT2D eigenvalue weighted by molar-refractivity contribution is 6.40. The summed E-state index contributed by atoms with van der Waals surface area (Å²) in [5, 5.41) is 3.49. The van der Waals surface area contributed by atoms with E-state index in [9.17, 15) is 9.59 Å². The summed E-state index contributed by atoms with van der Waals surface area (Å²) in [6, 6.07) is 12.9. The van der Waals surface area contributed by atoms with Crippen molar-refractivity contribution in [1.29, 1.82) is 0 Å². The number of allylic oxidation sites excluding steroid dienone is 1. The summed E-state index contributed by atoms with van der Waals surface area (Å²) in [5.74, 6) is 1.13. The van der Waals surface area contributed by atoms with Crippen LogP contribution in [0.5, 0.6) is 5.75 Å². The molecule has 1 saturated heterocycles. The van der Waals surface area contributed by atoms with Gasteiger partial charge in [-0.15, -0.1) is 0 Å². The summed E-state index contributed by atoms with van der Waals surface area (Å²) in [5.41, 5.74) is 4.59. The van der Waals surface area contributed by atoms with Crippen LogP contribution in [0.15, 0.2) is 70.4 Å². The van der Waals surface area contributed by atoms with E-state index in [1.807, 2.05) is 31.2 Å². The Kier molecular flexibility index (Phi) is 5.84. The predicted octanol–water partition coefficient (Wildman–Crippen LogP) is 4.81. The van der Waals surface area contributed by atoms with Gasteiger partial charge < -0.3 is 15.0 Å². The van der Waals surface area contributed by atoms with Crippen LogP contribution in [0, 0.1) is 12.8 Å². The van der Waals surface area contributed by atoms with Crippen LogP contribution in [0.25, 0.3) is 0 Å². The molecule has 0 amide bonds. The van der Waals surface area contributed by atoms with Crippen LogP contribution >= 0.6 is 0 Å². The fraction of sp³-hybridized carbons (Fsp3) is 0.367. The Morgan fingerprint density at radius 3 is 2.64 bits per heavy atom. The monoisotopic (exact) mass is 481 g/mol. The molecule has 2 heterocycles. The molecule has 1 fully saturated rings.